The second kappa shape index (κ2) is 4.91. The van der Waals surface area contributed by atoms with Crippen molar-refractivity contribution in [3.8, 4) is 0 Å². The van der Waals surface area contributed by atoms with E-state index in [4.69, 9.17) is 5.11 Å². The number of hydrogen-bond acceptors (Lipinski definition) is 3. The molecule has 2 N–H and O–H groups in total. The standard InChI is InChI=1S/C8H16N2O4S/c1-2-9-15(13,14)10-5-3-4-7(6-10)8(11)12/h7,9H,2-6H2,1H3,(H,11,12)/t7-/m0/s1. The summed E-state index contributed by atoms with van der Waals surface area (Å²) in [7, 11) is -3.48. The molecule has 0 saturated carbocycles. The molecule has 88 valence electrons. The Morgan fingerprint density at radius 1 is 1.60 bits per heavy atom. The maximum atomic E-state index is 11.6. The quantitative estimate of drug-likeness (QED) is 0.697. The number of carbonyl (C=O) groups is 1. The molecule has 0 radical (unpaired) electrons. The van der Waals surface area contributed by atoms with Gasteiger partial charge in [-0.3, -0.25) is 4.79 Å². The third-order valence-corrected chi connectivity index (χ3v) is 4.06. The van der Waals surface area contributed by atoms with E-state index in [-0.39, 0.29) is 6.54 Å². The van der Waals surface area contributed by atoms with E-state index in [9.17, 15) is 13.2 Å². The third-order valence-electron chi connectivity index (χ3n) is 2.40. The summed E-state index contributed by atoms with van der Waals surface area (Å²) in [6, 6.07) is 0. The van der Waals surface area contributed by atoms with Gasteiger partial charge in [-0.15, -0.1) is 0 Å². The van der Waals surface area contributed by atoms with Crippen LogP contribution in [0.15, 0.2) is 0 Å². The van der Waals surface area contributed by atoms with Gasteiger partial charge in [-0.25, -0.2) is 4.72 Å². The molecule has 1 fully saturated rings. The molecule has 0 spiro atoms. The number of aliphatic carboxylic acids is 1. The van der Waals surface area contributed by atoms with Gasteiger partial charge in [0.2, 0.25) is 0 Å². The molecule has 1 atom stereocenters. The lowest BCUT2D eigenvalue weighted by atomic mass is 10.0. The Morgan fingerprint density at radius 3 is 2.80 bits per heavy atom. The highest BCUT2D eigenvalue weighted by molar-refractivity contribution is 7.87. The Labute approximate surface area is 89.4 Å². The predicted molar refractivity (Wildman–Crippen MR) is 54.5 cm³/mol. The molecule has 0 aromatic carbocycles. The van der Waals surface area contributed by atoms with E-state index in [0.29, 0.717) is 25.9 Å². The first kappa shape index (κ1) is 12.4. The molecule has 0 unspecified atom stereocenters. The Bertz CT molecular complexity index is 328. The molecule has 15 heavy (non-hydrogen) atoms. The van der Waals surface area contributed by atoms with E-state index < -0.39 is 22.1 Å². The van der Waals surface area contributed by atoms with E-state index in [1.165, 1.54) is 4.31 Å². The highest BCUT2D eigenvalue weighted by Gasteiger charge is 2.31. The number of hydrogen-bond donors (Lipinski definition) is 2. The van der Waals surface area contributed by atoms with E-state index in [1.54, 1.807) is 6.92 Å². The van der Waals surface area contributed by atoms with Crippen LogP contribution in [-0.4, -0.2) is 43.4 Å². The maximum Gasteiger partial charge on any atom is 0.307 e. The van der Waals surface area contributed by atoms with Crippen molar-refractivity contribution in [1.82, 2.24) is 9.03 Å². The maximum absolute atomic E-state index is 11.6. The summed E-state index contributed by atoms with van der Waals surface area (Å²) in [5.41, 5.74) is 0. The second-order valence-corrected chi connectivity index (χ2v) is 5.29. The number of rotatable bonds is 4. The van der Waals surface area contributed by atoms with Crippen molar-refractivity contribution in [2.24, 2.45) is 5.92 Å². The average molecular weight is 236 g/mol. The van der Waals surface area contributed by atoms with Gasteiger partial charge in [-0.1, -0.05) is 6.92 Å². The Morgan fingerprint density at radius 2 is 2.27 bits per heavy atom. The Kier molecular flexibility index (Phi) is 4.06. The molecular formula is C8H16N2O4S. The van der Waals surface area contributed by atoms with Gasteiger partial charge < -0.3 is 5.11 Å². The molecular weight excluding hydrogens is 220 g/mol. The zero-order chi connectivity index (χ0) is 11.5. The fraction of sp³-hybridized carbons (Fsp3) is 0.875. The van der Waals surface area contributed by atoms with Crippen LogP contribution in [0.4, 0.5) is 0 Å². The number of carboxylic acids is 1. The monoisotopic (exact) mass is 236 g/mol. The fourth-order valence-electron chi connectivity index (χ4n) is 1.64. The van der Waals surface area contributed by atoms with Gasteiger partial charge in [0.1, 0.15) is 0 Å². The zero-order valence-corrected chi connectivity index (χ0v) is 9.46. The first-order valence-electron chi connectivity index (χ1n) is 4.95. The van der Waals surface area contributed by atoms with Gasteiger partial charge in [-0.05, 0) is 12.8 Å². The fourth-order valence-corrected chi connectivity index (χ4v) is 2.93. The lowest BCUT2D eigenvalue weighted by molar-refractivity contribution is -0.142. The summed E-state index contributed by atoms with van der Waals surface area (Å²) in [4.78, 5) is 10.7. The van der Waals surface area contributed by atoms with Crippen molar-refractivity contribution in [2.45, 2.75) is 19.8 Å². The van der Waals surface area contributed by atoms with E-state index >= 15 is 0 Å². The molecule has 1 heterocycles. The summed E-state index contributed by atoms with van der Waals surface area (Å²) in [5.74, 6) is -1.50. The Balaban J connectivity index is 2.67. The van der Waals surface area contributed by atoms with E-state index in [0.717, 1.165) is 0 Å². The molecule has 0 aliphatic carbocycles. The third kappa shape index (κ3) is 3.15. The van der Waals surface area contributed by atoms with Gasteiger partial charge in [0, 0.05) is 19.6 Å². The molecule has 1 aliphatic heterocycles. The number of nitrogens with zero attached hydrogens (tertiary/aromatic N) is 1. The minimum absolute atomic E-state index is 0.0741. The minimum Gasteiger partial charge on any atom is -0.481 e. The van der Waals surface area contributed by atoms with Crippen molar-refractivity contribution in [3.63, 3.8) is 0 Å². The average Bonchev–Trinajstić information content (AvgIpc) is 2.18. The van der Waals surface area contributed by atoms with Crippen molar-refractivity contribution in [3.05, 3.63) is 0 Å². The molecule has 0 bridgehead atoms. The van der Waals surface area contributed by atoms with Crippen LogP contribution in [-0.2, 0) is 15.0 Å². The van der Waals surface area contributed by atoms with Crippen LogP contribution in [0, 0.1) is 5.92 Å². The highest BCUT2D eigenvalue weighted by atomic mass is 32.2. The minimum atomic E-state index is -3.48. The first-order valence-corrected chi connectivity index (χ1v) is 6.39. The SMILES string of the molecule is CCNS(=O)(=O)N1CCC[C@H](C(=O)O)C1. The van der Waals surface area contributed by atoms with Gasteiger partial charge >= 0.3 is 5.97 Å². The van der Waals surface area contributed by atoms with Crippen molar-refractivity contribution in [1.29, 1.82) is 0 Å². The van der Waals surface area contributed by atoms with Gasteiger partial charge in [-0.2, -0.15) is 12.7 Å². The van der Waals surface area contributed by atoms with Crippen molar-refractivity contribution < 1.29 is 18.3 Å². The predicted octanol–water partition coefficient (Wildman–Crippen LogP) is -0.363. The lowest BCUT2D eigenvalue weighted by Crippen LogP contribution is -2.47. The van der Waals surface area contributed by atoms with Crippen LogP contribution in [0.1, 0.15) is 19.8 Å². The summed E-state index contributed by atoms with van der Waals surface area (Å²) in [5, 5.41) is 8.81. The summed E-state index contributed by atoms with van der Waals surface area (Å²) < 4.78 is 26.7. The molecule has 6 nitrogen and oxygen atoms in total. The molecule has 0 amide bonds. The normalized spacial score (nSPS) is 23.9. The van der Waals surface area contributed by atoms with Crippen LogP contribution in [0.5, 0.6) is 0 Å². The van der Waals surface area contributed by atoms with E-state index in [2.05, 4.69) is 4.72 Å². The largest absolute Gasteiger partial charge is 0.481 e. The second-order valence-electron chi connectivity index (χ2n) is 3.54. The van der Waals surface area contributed by atoms with Crippen molar-refractivity contribution >= 4 is 16.2 Å². The number of nitrogens with one attached hydrogen (secondary N) is 1. The van der Waals surface area contributed by atoms with Gasteiger partial charge in [0.15, 0.2) is 0 Å². The molecule has 1 aliphatic rings. The molecule has 0 aromatic rings. The Hall–Kier alpha value is -0.660. The van der Waals surface area contributed by atoms with Gasteiger partial charge in [0.05, 0.1) is 5.92 Å². The van der Waals surface area contributed by atoms with Gasteiger partial charge in [0.25, 0.3) is 10.2 Å². The van der Waals surface area contributed by atoms with Crippen LogP contribution in [0.2, 0.25) is 0 Å². The molecule has 0 aromatic heterocycles. The number of piperidine rings is 1. The van der Waals surface area contributed by atoms with Crippen LogP contribution in [0.25, 0.3) is 0 Å². The van der Waals surface area contributed by atoms with Crippen LogP contribution in [0.3, 0.4) is 0 Å². The summed E-state index contributed by atoms with van der Waals surface area (Å²) in [6.07, 6.45) is 1.15. The first-order chi connectivity index (χ1) is 6.97. The molecule has 1 saturated heterocycles. The molecule has 1 rings (SSSR count). The lowest BCUT2D eigenvalue weighted by Gasteiger charge is -2.29. The molecule has 7 heteroatoms. The zero-order valence-electron chi connectivity index (χ0n) is 8.64. The topological polar surface area (TPSA) is 86.7 Å². The highest BCUT2D eigenvalue weighted by Crippen LogP contribution is 2.18. The van der Waals surface area contributed by atoms with Crippen molar-refractivity contribution in [2.75, 3.05) is 19.6 Å². The number of carboxylic acid groups (broad SMARTS) is 1. The van der Waals surface area contributed by atoms with Crippen LogP contribution < -0.4 is 4.72 Å². The van der Waals surface area contributed by atoms with Crippen LogP contribution >= 0.6 is 0 Å². The summed E-state index contributed by atoms with van der Waals surface area (Å²) in [6.45, 7) is 2.48. The van der Waals surface area contributed by atoms with E-state index in [1.807, 2.05) is 0 Å². The summed E-state index contributed by atoms with van der Waals surface area (Å²) >= 11 is 0. The smallest absolute Gasteiger partial charge is 0.307 e.